The summed E-state index contributed by atoms with van der Waals surface area (Å²) >= 11 is 0. The molecule has 1 aromatic carbocycles. The number of hydrogen-bond donors (Lipinski definition) is 2. The lowest BCUT2D eigenvalue weighted by Crippen LogP contribution is -2.52. The van der Waals surface area contributed by atoms with E-state index in [1.165, 1.54) is 18.5 Å². The molecule has 0 radical (unpaired) electrons. The summed E-state index contributed by atoms with van der Waals surface area (Å²) in [4.78, 5) is 23.4. The summed E-state index contributed by atoms with van der Waals surface area (Å²) in [6.45, 7) is 1.22. The number of fused-ring (bicyclic) bond motifs is 1. The number of nitrogen functional groups attached to an aromatic ring is 1. The number of nitrogens with two attached hydrogens (primary N) is 2. The number of halogens is 4. The highest BCUT2D eigenvalue weighted by atomic mass is 19.3. The number of piperidine rings is 1. The summed E-state index contributed by atoms with van der Waals surface area (Å²) in [5, 5.41) is 0. The summed E-state index contributed by atoms with van der Waals surface area (Å²) in [6.07, 6.45) is 3.13. The first-order valence-corrected chi connectivity index (χ1v) is 12.9. The van der Waals surface area contributed by atoms with Crippen LogP contribution in [0.25, 0.3) is 22.4 Å². The van der Waals surface area contributed by atoms with Crippen LogP contribution < -0.4 is 16.4 Å². The zero-order chi connectivity index (χ0) is 28.7. The van der Waals surface area contributed by atoms with Crippen molar-refractivity contribution in [2.75, 3.05) is 23.7 Å². The van der Waals surface area contributed by atoms with Crippen LogP contribution in [0, 0.1) is 11.6 Å². The Kier molecular flexibility index (Phi) is 6.73. The summed E-state index contributed by atoms with van der Waals surface area (Å²) in [7, 11) is 0. The smallest absolute Gasteiger partial charge is 0.280 e. The first-order chi connectivity index (χ1) is 19.7. The topological polar surface area (TPSA) is 125 Å². The maximum Gasteiger partial charge on any atom is 0.280 e. The second-order valence-corrected chi connectivity index (χ2v) is 10.1. The van der Waals surface area contributed by atoms with Gasteiger partial charge in [-0.25, -0.2) is 37.5 Å². The molecule has 5 heterocycles. The van der Waals surface area contributed by atoms with Gasteiger partial charge in [0.1, 0.15) is 17.5 Å². The van der Waals surface area contributed by atoms with Gasteiger partial charge in [-0.2, -0.15) is 0 Å². The van der Waals surface area contributed by atoms with E-state index in [2.05, 4.69) is 24.9 Å². The minimum Gasteiger partial charge on any atom is -0.382 e. The second-order valence-electron chi connectivity index (χ2n) is 10.1. The average molecular weight is 564 g/mol. The minimum absolute atomic E-state index is 0.244. The third kappa shape index (κ3) is 5.04. The quantitative estimate of drug-likeness (QED) is 0.288. The van der Waals surface area contributed by atoms with E-state index in [1.54, 1.807) is 35.3 Å². The van der Waals surface area contributed by atoms with Crippen molar-refractivity contribution in [1.82, 2.24) is 29.5 Å². The normalized spacial score (nSPS) is 17.5. The summed E-state index contributed by atoms with van der Waals surface area (Å²) in [6, 6.07) is 9.88. The zero-order valence-electron chi connectivity index (χ0n) is 21.7. The predicted octanol–water partition coefficient (Wildman–Crippen LogP) is 4.58. The third-order valence-corrected chi connectivity index (χ3v) is 7.32. The number of hydrogen-bond acceptors (Lipinski definition) is 8. The molecule has 0 aliphatic carbocycles. The van der Waals surface area contributed by atoms with Crippen LogP contribution in [0.1, 0.15) is 36.2 Å². The molecule has 4 N–H and O–H groups in total. The molecule has 0 saturated carbocycles. The monoisotopic (exact) mass is 563 g/mol. The number of benzene rings is 1. The van der Waals surface area contributed by atoms with Crippen LogP contribution in [0.4, 0.5) is 29.1 Å². The maximum absolute atomic E-state index is 14.1. The molecule has 6 rings (SSSR count). The fraction of sp³-hybridized carbons (Fsp3) is 0.250. The summed E-state index contributed by atoms with van der Waals surface area (Å²) in [5.74, 6) is -1.69. The summed E-state index contributed by atoms with van der Waals surface area (Å²) in [5.41, 5.74) is 15.2. The molecule has 1 atom stereocenters. The van der Waals surface area contributed by atoms with Gasteiger partial charge in [0, 0.05) is 18.7 Å². The van der Waals surface area contributed by atoms with E-state index in [-0.39, 0.29) is 18.1 Å². The van der Waals surface area contributed by atoms with Crippen molar-refractivity contribution in [3.63, 3.8) is 0 Å². The summed E-state index contributed by atoms with van der Waals surface area (Å²) < 4.78 is 56.3. The van der Waals surface area contributed by atoms with E-state index < -0.39 is 23.6 Å². The Labute approximate surface area is 231 Å². The van der Waals surface area contributed by atoms with Crippen molar-refractivity contribution in [1.29, 1.82) is 0 Å². The number of rotatable bonds is 6. The second kappa shape index (κ2) is 10.4. The van der Waals surface area contributed by atoms with Crippen LogP contribution in [-0.4, -0.2) is 42.6 Å². The Morgan fingerprint density at radius 2 is 1.85 bits per heavy atom. The van der Waals surface area contributed by atoms with Gasteiger partial charge < -0.3 is 20.9 Å². The van der Waals surface area contributed by atoms with Crippen molar-refractivity contribution in [3.8, 4) is 11.3 Å². The molecule has 0 unspecified atom stereocenters. The van der Waals surface area contributed by atoms with Gasteiger partial charge >= 0.3 is 0 Å². The van der Waals surface area contributed by atoms with Crippen LogP contribution in [0.3, 0.4) is 0 Å². The number of nitrogens with zero attached hydrogens (tertiary/aromatic N) is 7. The Morgan fingerprint density at radius 3 is 2.66 bits per heavy atom. The minimum atomic E-state index is -2.71. The van der Waals surface area contributed by atoms with Crippen LogP contribution in [0.15, 0.2) is 61.3 Å². The van der Waals surface area contributed by atoms with Gasteiger partial charge in [-0.3, -0.25) is 4.98 Å². The van der Waals surface area contributed by atoms with Gasteiger partial charge in [0.15, 0.2) is 23.1 Å². The van der Waals surface area contributed by atoms with E-state index in [4.69, 9.17) is 11.5 Å². The Balaban J connectivity index is 1.41. The van der Waals surface area contributed by atoms with Crippen molar-refractivity contribution in [2.24, 2.45) is 5.73 Å². The fourth-order valence-electron chi connectivity index (χ4n) is 5.26. The predicted molar refractivity (Wildman–Crippen MR) is 145 cm³/mol. The number of anilines is 2. The van der Waals surface area contributed by atoms with Gasteiger partial charge in [0.25, 0.3) is 6.43 Å². The van der Waals surface area contributed by atoms with Crippen LogP contribution in [-0.2, 0) is 12.1 Å². The molecule has 0 bridgehead atoms. The number of pyridine rings is 2. The van der Waals surface area contributed by atoms with E-state index >= 15 is 0 Å². The lowest BCUT2D eigenvalue weighted by atomic mass is 9.86. The lowest BCUT2D eigenvalue weighted by Gasteiger charge is -2.41. The molecule has 0 spiro atoms. The Bertz CT molecular complexity index is 1740. The molecule has 1 aliphatic rings. The van der Waals surface area contributed by atoms with Crippen molar-refractivity contribution in [2.45, 2.75) is 31.4 Å². The van der Waals surface area contributed by atoms with Crippen molar-refractivity contribution in [3.05, 3.63) is 89.9 Å². The molecular weight excluding hydrogens is 538 g/mol. The van der Waals surface area contributed by atoms with E-state index in [0.29, 0.717) is 54.0 Å². The highest BCUT2D eigenvalue weighted by Crippen LogP contribution is 2.35. The lowest BCUT2D eigenvalue weighted by molar-refractivity contribution is 0.145. The van der Waals surface area contributed by atoms with Crippen molar-refractivity contribution < 1.29 is 17.6 Å². The zero-order valence-corrected chi connectivity index (χ0v) is 21.7. The molecule has 4 aromatic heterocycles. The van der Waals surface area contributed by atoms with E-state index in [0.717, 1.165) is 23.4 Å². The fourth-order valence-corrected chi connectivity index (χ4v) is 5.26. The largest absolute Gasteiger partial charge is 0.382 e. The number of alkyl halides is 2. The molecular formula is C28H25F4N9. The van der Waals surface area contributed by atoms with E-state index in [1.807, 2.05) is 4.90 Å². The molecule has 0 amide bonds. The number of imidazole rings is 1. The average Bonchev–Trinajstić information content (AvgIpc) is 3.38. The molecule has 1 saturated heterocycles. The number of aromatic nitrogens is 6. The highest BCUT2D eigenvalue weighted by molar-refractivity contribution is 5.81. The van der Waals surface area contributed by atoms with Gasteiger partial charge in [0.2, 0.25) is 0 Å². The van der Waals surface area contributed by atoms with Gasteiger partial charge in [0.05, 0.1) is 41.7 Å². The molecule has 210 valence electrons. The Morgan fingerprint density at radius 1 is 1.00 bits per heavy atom. The van der Waals surface area contributed by atoms with Gasteiger partial charge in [-0.15, -0.1) is 0 Å². The molecule has 1 fully saturated rings. The molecule has 9 nitrogen and oxygen atoms in total. The molecule has 13 heteroatoms. The maximum atomic E-state index is 14.1. The Hall–Kier alpha value is -4.65. The van der Waals surface area contributed by atoms with Gasteiger partial charge in [-0.05, 0) is 54.8 Å². The van der Waals surface area contributed by atoms with Crippen LogP contribution in [0.2, 0.25) is 0 Å². The third-order valence-electron chi connectivity index (χ3n) is 7.32. The van der Waals surface area contributed by atoms with E-state index in [9.17, 15) is 17.6 Å². The highest BCUT2D eigenvalue weighted by Gasteiger charge is 2.36. The molecule has 41 heavy (non-hydrogen) atoms. The SMILES string of the molecule is Nc1ncnc2c1ncn2Cc1cc(-c2ccc(F)c(F)c2)ncc1N1CCC[C@](N)(c2cccc(C(F)F)n2)C1. The first kappa shape index (κ1) is 26.6. The van der Waals surface area contributed by atoms with Crippen LogP contribution in [0.5, 0.6) is 0 Å². The van der Waals surface area contributed by atoms with Crippen molar-refractivity contribution >= 4 is 22.7 Å². The molecule has 5 aromatic rings. The first-order valence-electron chi connectivity index (χ1n) is 12.9. The standard InChI is InChI=1S/C28H25F4N9/c29-18-6-5-16(9-19(18)30)21-10-17(12-41-15-38-24-26(33)36-14-37-27(24)41)22(11-35-21)40-8-2-7-28(34,13-40)23-4-1-3-20(39-23)25(31)32/h1,3-6,9-11,14-15,25H,2,7-8,12-13,34H2,(H2,33,36,37)/t28-/m1/s1. The van der Waals surface area contributed by atoms with Crippen LogP contribution >= 0.6 is 0 Å². The van der Waals surface area contributed by atoms with Gasteiger partial charge in [-0.1, -0.05) is 6.07 Å². The molecule has 1 aliphatic heterocycles.